The fourth-order valence-electron chi connectivity index (χ4n) is 2.54. The molecule has 0 saturated heterocycles. The monoisotopic (exact) mass is 343 g/mol. The molecule has 3 rings (SSSR count). The Morgan fingerprint density at radius 2 is 2.04 bits per heavy atom. The van der Waals surface area contributed by atoms with Crippen molar-refractivity contribution in [3.05, 3.63) is 70.0 Å². The van der Waals surface area contributed by atoms with Crippen molar-refractivity contribution < 1.29 is 9.63 Å². The highest BCUT2D eigenvalue weighted by Crippen LogP contribution is 2.19. The first-order valence-corrected chi connectivity index (χ1v) is 8.96. The third-order valence-corrected chi connectivity index (χ3v) is 4.49. The lowest BCUT2D eigenvalue weighted by molar-refractivity contribution is 0.103. The van der Waals surface area contributed by atoms with Gasteiger partial charge in [0.2, 0.25) is 5.89 Å². The van der Waals surface area contributed by atoms with Gasteiger partial charge in [0.1, 0.15) is 0 Å². The van der Waals surface area contributed by atoms with E-state index >= 15 is 0 Å². The van der Waals surface area contributed by atoms with Crippen LogP contribution in [0.4, 0.5) is 0 Å². The summed E-state index contributed by atoms with van der Waals surface area (Å²) in [5.41, 5.74) is 2.13. The van der Waals surface area contributed by atoms with Gasteiger partial charge >= 0.3 is 0 Å². The molecule has 0 saturated carbocycles. The summed E-state index contributed by atoms with van der Waals surface area (Å²) >= 11 is 1.59. The van der Waals surface area contributed by atoms with Crippen LogP contribution in [0, 0.1) is 0 Å². The van der Waals surface area contributed by atoms with Gasteiger partial charge in [-0.25, -0.2) is 0 Å². The number of hydrogen-bond donors (Lipinski definition) is 1. The molecule has 0 aliphatic rings. The molecule has 6 heteroatoms. The summed E-state index contributed by atoms with van der Waals surface area (Å²) in [6, 6.07) is 12.2. The molecular formula is C18H21N3O2S. The van der Waals surface area contributed by atoms with Crippen LogP contribution in [-0.4, -0.2) is 26.7 Å². The lowest BCUT2D eigenvalue weighted by atomic mass is 10.1. The van der Waals surface area contributed by atoms with Crippen LogP contribution in [0.2, 0.25) is 0 Å². The first-order chi connectivity index (χ1) is 11.7. The molecule has 2 heterocycles. The highest BCUT2D eigenvalue weighted by atomic mass is 32.1. The van der Waals surface area contributed by atoms with Crippen molar-refractivity contribution in [1.29, 1.82) is 0 Å². The van der Waals surface area contributed by atoms with E-state index in [1.165, 1.54) is 5.56 Å². The molecule has 1 aromatic carbocycles. The van der Waals surface area contributed by atoms with Gasteiger partial charge in [0.15, 0.2) is 5.82 Å². The minimum absolute atomic E-state index is 0.516. The van der Waals surface area contributed by atoms with Gasteiger partial charge in [-0.3, -0.25) is 4.90 Å². The lowest BCUT2D eigenvalue weighted by Crippen LogP contribution is -2.28. The molecule has 1 N–H and O–H groups in total. The Balaban J connectivity index is 1.72. The predicted octanol–water partition coefficient (Wildman–Crippen LogP) is 3.43. The number of nitrogens with zero attached hydrogens (tertiary/aromatic N) is 3. The Labute approximate surface area is 145 Å². The highest BCUT2D eigenvalue weighted by molar-refractivity contribution is 7.07. The second kappa shape index (κ2) is 8.19. The standard InChI is InChI=1S/C18H21N3O2S/c1-2-18-19-17(20-23-18)12-21(10-14-6-4-3-5-7-14)11-16(22)15-8-9-24-13-15/h3-9,13,16,22H,2,10-12H2,1H3. The van der Waals surface area contributed by atoms with Crippen molar-refractivity contribution in [2.75, 3.05) is 6.54 Å². The quantitative estimate of drug-likeness (QED) is 0.679. The maximum atomic E-state index is 10.5. The SMILES string of the molecule is CCc1nc(CN(Cc2ccccc2)CC(O)c2ccsc2)no1. The first-order valence-electron chi connectivity index (χ1n) is 8.02. The minimum atomic E-state index is -0.530. The number of rotatable bonds is 8. The topological polar surface area (TPSA) is 62.4 Å². The van der Waals surface area contributed by atoms with Crippen molar-refractivity contribution in [2.45, 2.75) is 32.5 Å². The molecule has 3 aromatic rings. The fourth-order valence-corrected chi connectivity index (χ4v) is 3.25. The Bertz CT molecular complexity index is 728. The number of benzene rings is 1. The molecule has 1 unspecified atom stereocenters. The van der Waals surface area contributed by atoms with Crippen LogP contribution in [-0.2, 0) is 19.5 Å². The van der Waals surface area contributed by atoms with Crippen molar-refractivity contribution in [3.63, 3.8) is 0 Å². The second-order valence-electron chi connectivity index (χ2n) is 5.69. The molecule has 2 aromatic heterocycles. The number of aromatic nitrogens is 2. The van der Waals surface area contributed by atoms with Gasteiger partial charge in [-0.15, -0.1) is 0 Å². The molecule has 0 aliphatic heterocycles. The fraction of sp³-hybridized carbons (Fsp3) is 0.333. The molecule has 0 fully saturated rings. The summed E-state index contributed by atoms with van der Waals surface area (Å²) in [6.45, 7) is 3.76. The van der Waals surface area contributed by atoms with Crippen LogP contribution in [0.25, 0.3) is 0 Å². The number of hydrogen-bond acceptors (Lipinski definition) is 6. The van der Waals surface area contributed by atoms with Crippen LogP contribution in [0.1, 0.15) is 35.9 Å². The highest BCUT2D eigenvalue weighted by Gasteiger charge is 2.17. The molecule has 1 atom stereocenters. The zero-order chi connectivity index (χ0) is 16.8. The summed E-state index contributed by atoms with van der Waals surface area (Å²) < 4.78 is 5.19. The molecule has 0 radical (unpaired) electrons. The number of aliphatic hydroxyl groups excluding tert-OH is 1. The van der Waals surface area contributed by atoms with E-state index in [0.717, 1.165) is 18.5 Å². The number of aliphatic hydroxyl groups is 1. The average Bonchev–Trinajstić information content (AvgIpc) is 3.27. The Kier molecular flexibility index (Phi) is 5.74. The molecule has 126 valence electrons. The molecular weight excluding hydrogens is 322 g/mol. The zero-order valence-electron chi connectivity index (χ0n) is 13.6. The molecule has 24 heavy (non-hydrogen) atoms. The van der Waals surface area contributed by atoms with Crippen LogP contribution >= 0.6 is 11.3 Å². The zero-order valence-corrected chi connectivity index (χ0v) is 14.4. The summed E-state index contributed by atoms with van der Waals surface area (Å²) in [6.07, 6.45) is 0.195. The van der Waals surface area contributed by atoms with Crippen molar-refractivity contribution >= 4 is 11.3 Å². The summed E-state index contributed by atoms with van der Waals surface area (Å²) in [5.74, 6) is 1.29. The van der Waals surface area contributed by atoms with Gasteiger partial charge < -0.3 is 9.63 Å². The van der Waals surface area contributed by atoms with E-state index < -0.39 is 6.10 Å². The summed E-state index contributed by atoms with van der Waals surface area (Å²) in [7, 11) is 0. The van der Waals surface area contributed by atoms with Crippen LogP contribution in [0.5, 0.6) is 0 Å². The third kappa shape index (κ3) is 4.50. The van der Waals surface area contributed by atoms with E-state index in [2.05, 4.69) is 27.2 Å². The molecule has 0 aliphatic carbocycles. The van der Waals surface area contributed by atoms with E-state index in [-0.39, 0.29) is 0 Å². The van der Waals surface area contributed by atoms with Crippen LogP contribution in [0.15, 0.2) is 51.7 Å². The number of aryl methyl sites for hydroxylation is 1. The van der Waals surface area contributed by atoms with Gasteiger partial charge in [0.05, 0.1) is 12.6 Å². The van der Waals surface area contributed by atoms with E-state index in [1.54, 1.807) is 11.3 Å². The summed E-state index contributed by atoms with van der Waals surface area (Å²) in [5, 5.41) is 18.5. The molecule has 0 amide bonds. The first kappa shape index (κ1) is 16.8. The van der Waals surface area contributed by atoms with Gasteiger partial charge in [-0.1, -0.05) is 42.4 Å². The third-order valence-electron chi connectivity index (χ3n) is 3.79. The van der Waals surface area contributed by atoms with E-state index in [9.17, 15) is 5.11 Å². The smallest absolute Gasteiger partial charge is 0.226 e. The van der Waals surface area contributed by atoms with Crippen molar-refractivity contribution in [2.24, 2.45) is 0 Å². The lowest BCUT2D eigenvalue weighted by Gasteiger charge is -2.23. The molecule has 0 spiro atoms. The Morgan fingerprint density at radius 1 is 1.21 bits per heavy atom. The predicted molar refractivity (Wildman–Crippen MR) is 93.5 cm³/mol. The Morgan fingerprint density at radius 3 is 2.71 bits per heavy atom. The van der Waals surface area contributed by atoms with E-state index in [4.69, 9.17) is 4.52 Å². The second-order valence-corrected chi connectivity index (χ2v) is 6.47. The van der Waals surface area contributed by atoms with Gasteiger partial charge in [0.25, 0.3) is 0 Å². The van der Waals surface area contributed by atoms with Crippen molar-refractivity contribution in [3.8, 4) is 0 Å². The van der Waals surface area contributed by atoms with Crippen LogP contribution in [0.3, 0.4) is 0 Å². The average molecular weight is 343 g/mol. The molecule has 0 bridgehead atoms. The van der Waals surface area contributed by atoms with E-state index in [1.807, 2.05) is 41.9 Å². The molecule has 5 nitrogen and oxygen atoms in total. The van der Waals surface area contributed by atoms with Gasteiger partial charge in [0, 0.05) is 19.5 Å². The summed E-state index contributed by atoms with van der Waals surface area (Å²) in [4.78, 5) is 6.52. The Hall–Kier alpha value is -2.02. The van der Waals surface area contributed by atoms with Crippen molar-refractivity contribution in [1.82, 2.24) is 15.0 Å². The minimum Gasteiger partial charge on any atom is -0.387 e. The van der Waals surface area contributed by atoms with E-state index in [0.29, 0.717) is 24.8 Å². The maximum absolute atomic E-state index is 10.5. The largest absolute Gasteiger partial charge is 0.387 e. The normalized spacial score (nSPS) is 12.6. The van der Waals surface area contributed by atoms with Gasteiger partial charge in [-0.05, 0) is 28.0 Å². The number of thiophene rings is 1. The maximum Gasteiger partial charge on any atom is 0.226 e. The van der Waals surface area contributed by atoms with Crippen LogP contribution < -0.4 is 0 Å². The van der Waals surface area contributed by atoms with Gasteiger partial charge in [-0.2, -0.15) is 16.3 Å².